The molecule has 1 aliphatic carbocycles. The number of hydrogen-bond donors (Lipinski definition) is 3. The van der Waals surface area contributed by atoms with Gasteiger partial charge in [-0.3, -0.25) is 9.59 Å². The second-order valence-electron chi connectivity index (χ2n) is 4.91. The number of ether oxygens (including phenoxy) is 2. The average molecular weight is 304 g/mol. The fourth-order valence-corrected chi connectivity index (χ4v) is 2.62. The van der Waals surface area contributed by atoms with Gasteiger partial charge in [-0.15, -0.1) is 0 Å². The highest BCUT2D eigenvalue weighted by Crippen LogP contribution is 2.46. The summed E-state index contributed by atoms with van der Waals surface area (Å²) in [7, 11) is 1.22. The van der Waals surface area contributed by atoms with E-state index < -0.39 is 29.4 Å². The molecule has 0 fully saturated rings. The Kier molecular flexibility index (Phi) is 2.96. The normalized spacial score (nSPS) is 19.7. The molecule has 114 valence electrons. The van der Waals surface area contributed by atoms with Crippen LogP contribution in [0, 0.1) is 0 Å². The van der Waals surface area contributed by atoms with Gasteiger partial charge in [-0.1, -0.05) is 0 Å². The van der Waals surface area contributed by atoms with Crippen molar-refractivity contribution >= 4 is 17.6 Å². The highest BCUT2D eigenvalue weighted by Gasteiger charge is 2.38. The van der Waals surface area contributed by atoms with Crippen LogP contribution in [0.2, 0.25) is 0 Å². The number of benzene rings is 1. The van der Waals surface area contributed by atoms with E-state index in [1.807, 2.05) is 0 Å². The molecule has 2 aliphatic rings. The van der Waals surface area contributed by atoms with Crippen LogP contribution in [0.15, 0.2) is 17.6 Å². The molecule has 0 radical (unpaired) electrons. The molecule has 3 N–H and O–H groups in total. The minimum Gasteiger partial charge on any atom is -0.507 e. The minimum absolute atomic E-state index is 0.0333. The van der Waals surface area contributed by atoms with Gasteiger partial charge in [0.15, 0.2) is 11.5 Å². The van der Waals surface area contributed by atoms with Crippen LogP contribution in [0.3, 0.4) is 0 Å². The number of phenols is 2. The number of rotatable bonds is 1. The predicted octanol–water partition coefficient (Wildman–Crippen LogP) is 1.39. The molecular formula is C15H12O7. The second kappa shape index (κ2) is 4.60. The van der Waals surface area contributed by atoms with Gasteiger partial charge in [0.05, 0.1) is 29.6 Å². The standard InChI is InChI=1S/C15H12O7/c1-5-3-6-9(15(20)22-5)14(19)10-7(16)4-8(21-2)13(18)11(10)12(6)17/h3-4,15,17,19-20H,1-2H3/t15-/m1/s1. The van der Waals surface area contributed by atoms with Crippen molar-refractivity contribution in [3.63, 3.8) is 0 Å². The molecule has 7 heteroatoms. The Morgan fingerprint density at radius 3 is 2.45 bits per heavy atom. The third kappa shape index (κ3) is 1.72. The van der Waals surface area contributed by atoms with Gasteiger partial charge in [0, 0.05) is 11.6 Å². The summed E-state index contributed by atoms with van der Waals surface area (Å²) in [5.74, 6) is -2.48. The number of ketones is 2. The Morgan fingerprint density at radius 1 is 1.14 bits per heavy atom. The number of carbonyl (C=O) groups is 2. The first-order valence-corrected chi connectivity index (χ1v) is 6.36. The summed E-state index contributed by atoms with van der Waals surface area (Å²) in [6, 6.07) is 0. The second-order valence-corrected chi connectivity index (χ2v) is 4.91. The summed E-state index contributed by atoms with van der Waals surface area (Å²) in [6.45, 7) is 1.54. The molecular weight excluding hydrogens is 292 g/mol. The third-order valence-corrected chi connectivity index (χ3v) is 3.60. The van der Waals surface area contributed by atoms with Gasteiger partial charge in [-0.2, -0.15) is 0 Å². The number of fused-ring (bicyclic) bond motifs is 2. The van der Waals surface area contributed by atoms with Crippen LogP contribution in [0.1, 0.15) is 45.1 Å². The molecule has 0 unspecified atom stereocenters. The van der Waals surface area contributed by atoms with Crippen LogP contribution >= 0.6 is 0 Å². The molecule has 0 saturated heterocycles. The van der Waals surface area contributed by atoms with Gasteiger partial charge in [0.1, 0.15) is 11.5 Å². The fraction of sp³-hybridized carbons (Fsp3) is 0.200. The van der Waals surface area contributed by atoms with Crippen LogP contribution < -0.4 is 0 Å². The summed E-state index contributed by atoms with van der Waals surface area (Å²) in [6.07, 6.45) is 0.736. The highest BCUT2D eigenvalue weighted by atomic mass is 16.6. The molecule has 3 rings (SSSR count). The lowest BCUT2D eigenvalue weighted by atomic mass is 9.86. The van der Waals surface area contributed by atoms with E-state index in [2.05, 4.69) is 0 Å². The molecule has 0 aromatic heterocycles. The van der Waals surface area contributed by atoms with E-state index in [1.54, 1.807) is 0 Å². The van der Waals surface area contributed by atoms with Gasteiger partial charge < -0.3 is 24.8 Å². The number of aliphatic hydroxyl groups is 1. The first-order chi connectivity index (χ1) is 10.4. The molecule has 1 heterocycles. The maximum atomic E-state index is 12.3. The third-order valence-electron chi connectivity index (χ3n) is 3.60. The van der Waals surface area contributed by atoms with Crippen molar-refractivity contribution in [3.8, 4) is 11.5 Å². The van der Waals surface area contributed by atoms with E-state index in [4.69, 9.17) is 9.47 Å². The number of phenolic OH excluding ortho intramolecular Hbond substituents is 2. The average Bonchev–Trinajstić information content (AvgIpc) is 2.45. The Balaban J connectivity index is 2.40. The molecule has 1 aromatic carbocycles. The lowest BCUT2D eigenvalue weighted by molar-refractivity contribution is -0.0703. The first-order valence-electron chi connectivity index (χ1n) is 6.36. The smallest absolute Gasteiger partial charge is 0.232 e. The van der Waals surface area contributed by atoms with E-state index in [0.717, 1.165) is 6.08 Å². The largest absolute Gasteiger partial charge is 0.507 e. The van der Waals surface area contributed by atoms with E-state index >= 15 is 0 Å². The van der Waals surface area contributed by atoms with Crippen LogP contribution in [-0.2, 0) is 9.47 Å². The summed E-state index contributed by atoms with van der Waals surface area (Å²) >= 11 is 0. The summed E-state index contributed by atoms with van der Waals surface area (Å²) in [5.41, 5.74) is -0.848. The first kappa shape index (κ1) is 14.2. The maximum absolute atomic E-state index is 12.3. The number of hydrogen-bond acceptors (Lipinski definition) is 7. The zero-order chi connectivity index (χ0) is 16.2. The van der Waals surface area contributed by atoms with Crippen molar-refractivity contribution in [2.75, 3.05) is 7.11 Å². The lowest BCUT2D eigenvalue weighted by Gasteiger charge is -2.26. The van der Waals surface area contributed by atoms with Gasteiger partial charge in [0.2, 0.25) is 12.1 Å². The van der Waals surface area contributed by atoms with E-state index in [0.29, 0.717) is 0 Å². The Morgan fingerprint density at radius 2 is 1.82 bits per heavy atom. The van der Waals surface area contributed by atoms with Crippen molar-refractivity contribution in [1.29, 1.82) is 0 Å². The Bertz CT molecular complexity index is 786. The molecule has 0 saturated carbocycles. The topological polar surface area (TPSA) is 113 Å². The van der Waals surface area contributed by atoms with Crippen LogP contribution in [0.5, 0.6) is 11.5 Å². The fourth-order valence-electron chi connectivity index (χ4n) is 2.62. The van der Waals surface area contributed by atoms with Crippen LogP contribution in [0.4, 0.5) is 0 Å². The zero-order valence-corrected chi connectivity index (χ0v) is 11.7. The number of carbonyl (C=O) groups excluding carboxylic acids is 2. The van der Waals surface area contributed by atoms with Gasteiger partial charge in [0.25, 0.3) is 0 Å². The molecule has 1 atom stereocenters. The Labute approximate surface area is 124 Å². The molecule has 0 bridgehead atoms. The lowest BCUT2D eigenvalue weighted by Crippen LogP contribution is -2.21. The van der Waals surface area contributed by atoms with Crippen LogP contribution in [-0.4, -0.2) is 34.0 Å². The molecule has 1 aliphatic heterocycles. The zero-order valence-electron chi connectivity index (χ0n) is 11.7. The number of aliphatic hydroxyl groups excluding tert-OH is 1. The van der Waals surface area contributed by atoms with E-state index in [9.17, 15) is 24.9 Å². The van der Waals surface area contributed by atoms with Crippen molar-refractivity contribution in [2.45, 2.75) is 13.2 Å². The van der Waals surface area contributed by atoms with Gasteiger partial charge in [-0.25, -0.2) is 0 Å². The molecule has 0 amide bonds. The maximum Gasteiger partial charge on any atom is 0.232 e. The number of methoxy groups -OCH3 is 1. The summed E-state index contributed by atoms with van der Waals surface area (Å²) in [5, 5.41) is 30.6. The van der Waals surface area contributed by atoms with Gasteiger partial charge in [-0.05, 0) is 13.0 Å². The highest BCUT2D eigenvalue weighted by molar-refractivity contribution is 6.26. The monoisotopic (exact) mass is 304 g/mol. The van der Waals surface area contributed by atoms with Crippen LogP contribution in [0.25, 0.3) is 6.08 Å². The van der Waals surface area contributed by atoms with E-state index in [-0.39, 0.29) is 33.8 Å². The summed E-state index contributed by atoms with van der Waals surface area (Å²) in [4.78, 5) is 24.4. The van der Waals surface area contributed by atoms with E-state index in [1.165, 1.54) is 20.1 Å². The van der Waals surface area contributed by atoms with Crippen molar-refractivity contribution in [3.05, 3.63) is 39.8 Å². The number of Topliss-reactive ketones (excluding diaryl/α,β-unsaturated/α-hetero) is 1. The number of allylic oxidation sites excluding steroid dienone is 3. The predicted molar refractivity (Wildman–Crippen MR) is 73.2 cm³/mol. The molecule has 22 heavy (non-hydrogen) atoms. The minimum atomic E-state index is -1.55. The molecule has 0 spiro atoms. The number of aromatic hydroxyl groups is 2. The summed E-state index contributed by atoms with van der Waals surface area (Å²) < 4.78 is 9.87. The van der Waals surface area contributed by atoms with Crippen molar-refractivity contribution in [2.24, 2.45) is 0 Å². The Hall–Kier alpha value is -2.80. The molecule has 7 nitrogen and oxygen atoms in total. The quantitative estimate of drug-likeness (QED) is 0.672. The molecule has 1 aromatic rings. The van der Waals surface area contributed by atoms with Crippen molar-refractivity contribution in [1.82, 2.24) is 0 Å². The SMILES string of the molecule is COC1=CC(=O)c2c(O)c3c(c(O)c2C1=O)C=C(C)O[C@H]3O. The van der Waals surface area contributed by atoms with Gasteiger partial charge >= 0.3 is 0 Å². The van der Waals surface area contributed by atoms with Crippen molar-refractivity contribution < 1.29 is 34.4 Å².